The summed E-state index contributed by atoms with van der Waals surface area (Å²) in [4.78, 5) is 30.2. The standard InChI is InChI=1S/C30H30BrClF2N4O3/c1-30(2,3)29(40)35-15-17-5-10-22(32)18(11-17)12-27-37-23-13-21(28(39)36-20-8-6-19(31)7-9-20)25(41-16-26(33)34)14-24(23)38(27)4/h5-11,13-14,26H,12,15-16H2,1-4H3,(H,35,40)(H,36,39). The van der Waals surface area contributed by atoms with Crippen molar-refractivity contribution in [2.24, 2.45) is 12.5 Å². The van der Waals surface area contributed by atoms with Crippen LogP contribution < -0.4 is 15.4 Å². The highest BCUT2D eigenvalue weighted by Crippen LogP contribution is 2.30. The molecule has 3 aromatic carbocycles. The third kappa shape index (κ3) is 7.62. The zero-order valence-corrected chi connectivity index (χ0v) is 25.4. The van der Waals surface area contributed by atoms with Crippen LogP contribution in [0.3, 0.4) is 0 Å². The monoisotopic (exact) mass is 646 g/mol. The number of ether oxygens (including phenoxy) is 1. The van der Waals surface area contributed by atoms with Gasteiger partial charge in [-0.3, -0.25) is 9.59 Å². The van der Waals surface area contributed by atoms with E-state index < -0.39 is 24.4 Å². The number of alkyl halides is 2. The van der Waals surface area contributed by atoms with Gasteiger partial charge in [0.2, 0.25) is 5.91 Å². The first-order valence-electron chi connectivity index (χ1n) is 12.8. The lowest BCUT2D eigenvalue weighted by atomic mass is 9.95. The van der Waals surface area contributed by atoms with E-state index in [9.17, 15) is 18.4 Å². The molecular weight excluding hydrogens is 618 g/mol. The predicted octanol–water partition coefficient (Wildman–Crippen LogP) is 7.14. The smallest absolute Gasteiger partial charge is 0.272 e. The number of fused-ring (bicyclic) bond motifs is 1. The average molecular weight is 648 g/mol. The molecule has 0 spiro atoms. The number of hydrogen-bond acceptors (Lipinski definition) is 4. The van der Waals surface area contributed by atoms with Crippen molar-refractivity contribution in [1.29, 1.82) is 0 Å². The predicted molar refractivity (Wildman–Crippen MR) is 160 cm³/mol. The second-order valence-corrected chi connectivity index (χ2v) is 11.9. The number of aryl methyl sites for hydroxylation is 1. The lowest BCUT2D eigenvalue weighted by Gasteiger charge is -2.18. The first-order chi connectivity index (χ1) is 19.3. The van der Waals surface area contributed by atoms with Gasteiger partial charge < -0.3 is 19.9 Å². The van der Waals surface area contributed by atoms with Gasteiger partial charge in [-0.2, -0.15) is 0 Å². The summed E-state index contributed by atoms with van der Waals surface area (Å²) >= 11 is 9.86. The highest BCUT2D eigenvalue weighted by atomic mass is 79.9. The third-order valence-corrected chi connectivity index (χ3v) is 7.28. The number of nitrogens with one attached hydrogen (secondary N) is 2. The van der Waals surface area contributed by atoms with Crippen molar-refractivity contribution in [3.63, 3.8) is 0 Å². The van der Waals surface area contributed by atoms with Crippen molar-refractivity contribution >= 4 is 56.1 Å². The van der Waals surface area contributed by atoms with E-state index in [2.05, 4.69) is 26.6 Å². The van der Waals surface area contributed by atoms with Crippen LogP contribution in [-0.2, 0) is 24.8 Å². The fourth-order valence-electron chi connectivity index (χ4n) is 4.10. The number of carbonyl (C=O) groups excluding carboxylic acids is 2. The molecule has 216 valence electrons. The number of carbonyl (C=O) groups is 2. The molecule has 1 aromatic heterocycles. The molecule has 0 radical (unpaired) electrons. The summed E-state index contributed by atoms with van der Waals surface area (Å²) in [5.41, 5.74) is 2.90. The van der Waals surface area contributed by atoms with Gasteiger partial charge in [0.05, 0.1) is 16.6 Å². The lowest BCUT2D eigenvalue weighted by Crippen LogP contribution is -2.34. The third-order valence-electron chi connectivity index (χ3n) is 6.38. The molecule has 0 unspecified atom stereocenters. The Kier molecular flexibility index (Phi) is 9.34. The van der Waals surface area contributed by atoms with Gasteiger partial charge in [0, 0.05) is 46.7 Å². The number of amides is 2. The fourth-order valence-corrected chi connectivity index (χ4v) is 4.55. The first-order valence-corrected chi connectivity index (χ1v) is 14.0. The number of aromatic nitrogens is 2. The Hall–Kier alpha value is -3.50. The molecule has 0 saturated heterocycles. The molecule has 4 aromatic rings. The maximum absolute atomic E-state index is 13.2. The number of halogens is 4. The number of imidazole rings is 1. The number of benzene rings is 3. The second-order valence-electron chi connectivity index (χ2n) is 10.6. The molecule has 2 amide bonds. The minimum absolute atomic E-state index is 0.0246. The molecule has 0 aliphatic rings. The molecule has 0 saturated carbocycles. The van der Waals surface area contributed by atoms with Crippen molar-refractivity contribution < 1.29 is 23.1 Å². The van der Waals surface area contributed by atoms with Crippen molar-refractivity contribution in [2.45, 2.75) is 40.2 Å². The van der Waals surface area contributed by atoms with Crippen molar-refractivity contribution in [2.75, 3.05) is 11.9 Å². The Morgan fingerprint density at radius 2 is 1.80 bits per heavy atom. The van der Waals surface area contributed by atoms with Gasteiger partial charge >= 0.3 is 0 Å². The molecule has 7 nitrogen and oxygen atoms in total. The quantitative estimate of drug-likeness (QED) is 0.202. The van der Waals surface area contributed by atoms with Gasteiger partial charge in [0.15, 0.2) is 0 Å². The Balaban J connectivity index is 1.64. The van der Waals surface area contributed by atoms with Crippen LogP contribution in [0.5, 0.6) is 5.75 Å². The van der Waals surface area contributed by atoms with E-state index in [1.165, 1.54) is 6.07 Å². The summed E-state index contributed by atoms with van der Waals surface area (Å²) in [6.07, 6.45) is -2.35. The highest BCUT2D eigenvalue weighted by Gasteiger charge is 2.22. The van der Waals surface area contributed by atoms with E-state index in [1.54, 1.807) is 43.4 Å². The second kappa shape index (κ2) is 12.6. The van der Waals surface area contributed by atoms with Gasteiger partial charge in [0.25, 0.3) is 12.3 Å². The van der Waals surface area contributed by atoms with Crippen LogP contribution in [0.4, 0.5) is 14.5 Å². The van der Waals surface area contributed by atoms with Crippen LogP contribution in [0.2, 0.25) is 5.02 Å². The highest BCUT2D eigenvalue weighted by molar-refractivity contribution is 9.10. The molecule has 1 heterocycles. The summed E-state index contributed by atoms with van der Waals surface area (Å²) in [5, 5.41) is 6.25. The summed E-state index contributed by atoms with van der Waals surface area (Å²) in [5.74, 6) is 0.0903. The zero-order valence-electron chi connectivity index (χ0n) is 23.0. The Morgan fingerprint density at radius 3 is 2.46 bits per heavy atom. The molecule has 41 heavy (non-hydrogen) atoms. The zero-order chi connectivity index (χ0) is 29.9. The molecule has 4 rings (SSSR count). The number of anilines is 1. The van der Waals surface area contributed by atoms with Crippen molar-refractivity contribution in [1.82, 2.24) is 14.9 Å². The van der Waals surface area contributed by atoms with Crippen LogP contribution >= 0.6 is 27.5 Å². The van der Waals surface area contributed by atoms with Crippen molar-refractivity contribution in [3.8, 4) is 5.75 Å². The summed E-state index contributed by atoms with van der Waals surface area (Å²) in [6.45, 7) is 5.04. The fraction of sp³-hybridized carbons (Fsp3) is 0.300. The molecule has 0 aliphatic heterocycles. The van der Waals surface area contributed by atoms with Crippen LogP contribution in [-0.4, -0.2) is 34.4 Å². The number of rotatable bonds is 9. The topological polar surface area (TPSA) is 85.2 Å². The van der Waals surface area contributed by atoms with Gasteiger partial charge in [-0.05, 0) is 47.5 Å². The molecule has 2 N–H and O–H groups in total. The van der Waals surface area contributed by atoms with Gasteiger partial charge in [0.1, 0.15) is 18.2 Å². The Labute approximate surface area is 250 Å². The number of nitrogens with zero attached hydrogens (tertiary/aromatic N) is 2. The van der Waals surface area contributed by atoms with E-state index in [0.717, 1.165) is 15.6 Å². The van der Waals surface area contributed by atoms with Crippen molar-refractivity contribution in [3.05, 3.63) is 86.6 Å². The van der Waals surface area contributed by atoms with E-state index in [0.29, 0.717) is 40.5 Å². The average Bonchev–Trinajstić information content (AvgIpc) is 3.21. The van der Waals surface area contributed by atoms with E-state index in [1.807, 2.05) is 37.5 Å². The summed E-state index contributed by atoms with van der Waals surface area (Å²) < 4.78 is 34.1. The van der Waals surface area contributed by atoms with Gasteiger partial charge in [-0.1, -0.05) is 60.4 Å². The van der Waals surface area contributed by atoms with E-state index >= 15 is 0 Å². The van der Waals surface area contributed by atoms with Gasteiger partial charge in [-0.15, -0.1) is 0 Å². The molecule has 0 aliphatic carbocycles. The summed E-state index contributed by atoms with van der Waals surface area (Å²) in [7, 11) is 1.80. The van der Waals surface area contributed by atoms with Crippen LogP contribution in [0, 0.1) is 5.41 Å². The molecule has 0 fully saturated rings. The van der Waals surface area contributed by atoms with Crippen LogP contribution in [0.15, 0.2) is 59.1 Å². The Bertz CT molecular complexity index is 1580. The van der Waals surface area contributed by atoms with E-state index in [4.69, 9.17) is 21.3 Å². The van der Waals surface area contributed by atoms with E-state index in [-0.39, 0.29) is 17.2 Å². The molecule has 11 heteroatoms. The largest absolute Gasteiger partial charge is 0.487 e. The molecule has 0 bridgehead atoms. The first kappa shape index (κ1) is 30.5. The lowest BCUT2D eigenvalue weighted by molar-refractivity contribution is -0.128. The van der Waals surface area contributed by atoms with Crippen LogP contribution in [0.25, 0.3) is 11.0 Å². The Morgan fingerprint density at radius 1 is 1.10 bits per heavy atom. The normalized spacial score (nSPS) is 11.6. The SMILES string of the molecule is Cn1c(Cc2cc(CNC(=O)C(C)(C)C)ccc2Cl)nc2cc(C(=O)Nc3ccc(Br)cc3)c(OCC(F)F)cc21. The van der Waals surface area contributed by atoms with Gasteiger partial charge in [-0.25, -0.2) is 13.8 Å². The molecular formula is C30H30BrClF2N4O3. The minimum atomic E-state index is -2.71. The van der Waals surface area contributed by atoms with Crippen LogP contribution in [0.1, 0.15) is 48.1 Å². The maximum atomic E-state index is 13.2. The maximum Gasteiger partial charge on any atom is 0.272 e. The minimum Gasteiger partial charge on any atom is -0.487 e. The number of hydrogen-bond donors (Lipinski definition) is 2. The molecule has 0 atom stereocenters. The summed E-state index contributed by atoms with van der Waals surface area (Å²) in [6, 6.07) is 15.6.